The van der Waals surface area contributed by atoms with E-state index in [-0.39, 0.29) is 35.7 Å². The van der Waals surface area contributed by atoms with Gasteiger partial charge in [0.05, 0.1) is 12.6 Å². The van der Waals surface area contributed by atoms with Crippen molar-refractivity contribution in [1.29, 1.82) is 0 Å². The van der Waals surface area contributed by atoms with Crippen molar-refractivity contribution < 1.29 is 14.0 Å². The number of carbonyl (C=O) groups excluding carboxylic acids is 2. The maximum atomic E-state index is 12.3. The van der Waals surface area contributed by atoms with Crippen molar-refractivity contribution in [1.82, 2.24) is 10.6 Å². The highest BCUT2D eigenvalue weighted by Crippen LogP contribution is 2.41. The zero-order chi connectivity index (χ0) is 17.3. The number of hydrogen-bond donors (Lipinski definition) is 2. The van der Waals surface area contributed by atoms with Crippen molar-refractivity contribution in [2.45, 2.75) is 65.3 Å². The van der Waals surface area contributed by atoms with Gasteiger partial charge in [0.1, 0.15) is 11.5 Å². The van der Waals surface area contributed by atoms with E-state index in [4.69, 9.17) is 4.42 Å². The second-order valence-corrected chi connectivity index (χ2v) is 8.10. The second-order valence-electron chi connectivity index (χ2n) is 8.10. The number of rotatable bonds is 4. The van der Waals surface area contributed by atoms with Crippen molar-refractivity contribution in [2.24, 2.45) is 11.3 Å². The van der Waals surface area contributed by atoms with Crippen molar-refractivity contribution in [3.05, 3.63) is 23.2 Å². The molecule has 2 amide bonds. The Morgan fingerprint density at radius 2 is 2.00 bits per heavy atom. The number of furan rings is 1. The molecule has 1 aromatic rings. The highest BCUT2D eigenvalue weighted by atomic mass is 16.3. The fourth-order valence-electron chi connectivity index (χ4n) is 4.06. The number of nitrogens with one attached hydrogen (secondary N) is 2. The van der Waals surface area contributed by atoms with Gasteiger partial charge in [-0.25, -0.2) is 0 Å². The Morgan fingerprint density at radius 3 is 2.71 bits per heavy atom. The molecule has 0 aromatic carbocycles. The first-order chi connectivity index (χ1) is 11.3. The minimum atomic E-state index is -0.131. The highest BCUT2D eigenvalue weighted by Gasteiger charge is 2.35. The van der Waals surface area contributed by atoms with E-state index in [2.05, 4.69) is 24.5 Å². The van der Waals surface area contributed by atoms with Gasteiger partial charge in [-0.2, -0.15) is 0 Å². The summed E-state index contributed by atoms with van der Waals surface area (Å²) in [4.78, 5) is 24.3. The molecule has 0 bridgehead atoms. The van der Waals surface area contributed by atoms with E-state index in [1.165, 1.54) is 0 Å². The van der Waals surface area contributed by atoms with Crippen LogP contribution in [0, 0.1) is 18.3 Å². The van der Waals surface area contributed by atoms with E-state index in [1.54, 1.807) is 0 Å². The number of aryl methyl sites for hydroxylation is 1. The number of carbonyl (C=O) groups is 2. The molecule has 2 aliphatic rings. The monoisotopic (exact) mass is 332 g/mol. The van der Waals surface area contributed by atoms with Gasteiger partial charge in [-0.05, 0) is 37.7 Å². The molecule has 2 N–H and O–H groups in total. The van der Waals surface area contributed by atoms with Crippen LogP contribution in [0.4, 0.5) is 0 Å². The first-order valence-electron chi connectivity index (χ1n) is 9.00. The van der Waals surface area contributed by atoms with Gasteiger partial charge in [0.25, 0.3) is 0 Å². The van der Waals surface area contributed by atoms with Crippen molar-refractivity contribution in [3.63, 3.8) is 0 Å². The van der Waals surface area contributed by atoms with Gasteiger partial charge in [-0.15, -0.1) is 0 Å². The van der Waals surface area contributed by atoms with Gasteiger partial charge in [-0.3, -0.25) is 9.59 Å². The Morgan fingerprint density at radius 1 is 1.29 bits per heavy atom. The van der Waals surface area contributed by atoms with E-state index >= 15 is 0 Å². The van der Waals surface area contributed by atoms with Crippen LogP contribution in [0.15, 0.2) is 10.5 Å². The molecule has 0 spiro atoms. The molecule has 0 radical (unpaired) electrons. The molecule has 2 aliphatic carbocycles. The highest BCUT2D eigenvalue weighted by molar-refractivity contribution is 5.86. The molecule has 1 heterocycles. The molecule has 24 heavy (non-hydrogen) atoms. The third-order valence-electron chi connectivity index (χ3n) is 5.22. The van der Waals surface area contributed by atoms with Gasteiger partial charge in [0.2, 0.25) is 11.8 Å². The maximum absolute atomic E-state index is 12.3. The summed E-state index contributed by atoms with van der Waals surface area (Å²) in [5.41, 5.74) is 1.17. The molecule has 1 atom stereocenters. The summed E-state index contributed by atoms with van der Waals surface area (Å²) in [5, 5.41) is 5.87. The third kappa shape index (κ3) is 3.82. The first kappa shape index (κ1) is 17.1. The van der Waals surface area contributed by atoms with Crippen molar-refractivity contribution in [2.75, 3.05) is 6.54 Å². The summed E-state index contributed by atoms with van der Waals surface area (Å²) in [5.74, 6) is 1.84. The van der Waals surface area contributed by atoms with E-state index in [0.29, 0.717) is 0 Å². The van der Waals surface area contributed by atoms with Crippen LogP contribution >= 0.6 is 0 Å². The van der Waals surface area contributed by atoms with Crippen LogP contribution in [-0.2, 0) is 16.0 Å². The molecule has 5 heteroatoms. The Labute approximate surface area is 143 Å². The summed E-state index contributed by atoms with van der Waals surface area (Å²) < 4.78 is 5.80. The topological polar surface area (TPSA) is 71.3 Å². The van der Waals surface area contributed by atoms with Crippen LogP contribution in [0.3, 0.4) is 0 Å². The zero-order valence-electron chi connectivity index (χ0n) is 14.9. The predicted octanol–water partition coefficient (Wildman–Crippen LogP) is 3.02. The van der Waals surface area contributed by atoms with Gasteiger partial charge in [0, 0.05) is 17.9 Å². The SMILES string of the molecule is Cc1cc2c(o1)CC(C)(C)C[C@H]2NC(=O)CNC(=O)C1CCCC1. The number of hydrogen-bond acceptors (Lipinski definition) is 3. The van der Waals surface area contributed by atoms with Crippen LogP contribution in [0.2, 0.25) is 0 Å². The van der Waals surface area contributed by atoms with Gasteiger partial charge >= 0.3 is 0 Å². The Hall–Kier alpha value is -1.78. The van der Waals surface area contributed by atoms with E-state index in [1.807, 2.05) is 13.0 Å². The van der Waals surface area contributed by atoms with Gasteiger partial charge in [-0.1, -0.05) is 26.7 Å². The molecule has 1 saturated carbocycles. The molecule has 5 nitrogen and oxygen atoms in total. The quantitative estimate of drug-likeness (QED) is 0.890. The van der Waals surface area contributed by atoms with Crippen LogP contribution in [0.5, 0.6) is 0 Å². The predicted molar refractivity (Wildman–Crippen MR) is 91.4 cm³/mol. The lowest BCUT2D eigenvalue weighted by molar-refractivity contribution is -0.128. The Bertz CT molecular complexity index is 627. The van der Waals surface area contributed by atoms with Crippen LogP contribution in [0.25, 0.3) is 0 Å². The number of fused-ring (bicyclic) bond motifs is 1. The summed E-state index contributed by atoms with van der Waals surface area (Å²) in [6.07, 6.45) is 5.89. The molecule has 1 aromatic heterocycles. The van der Waals surface area contributed by atoms with E-state index < -0.39 is 0 Å². The fourth-order valence-corrected chi connectivity index (χ4v) is 4.06. The molecule has 0 saturated heterocycles. The Kier molecular flexibility index (Phi) is 4.70. The normalized spacial score (nSPS) is 22.9. The number of amides is 2. The van der Waals surface area contributed by atoms with E-state index in [0.717, 1.165) is 55.6 Å². The molecular formula is C19H28N2O3. The molecule has 132 valence electrons. The van der Waals surface area contributed by atoms with Crippen molar-refractivity contribution >= 4 is 11.8 Å². The van der Waals surface area contributed by atoms with Gasteiger partial charge in [0.15, 0.2) is 0 Å². The summed E-state index contributed by atoms with van der Waals surface area (Å²) in [6, 6.07) is 1.98. The average Bonchev–Trinajstić information content (AvgIpc) is 3.12. The second kappa shape index (κ2) is 6.61. The Balaban J connectivity index is 1.58. The summed E-state index contributed by atoms with van der Waals surface area (Å²) in [6.45, 7) is 6.37. The van der Waals surface area contributed by atoms with Crippen LogP contribution < -0.4 is 10.6 Å². The molecule has 0 aliphatic heterocycles. The lowest BCUT2D eigenvalue weighted by Crippen LogP contribution is -2.42. The zero-order valence-corrected chi connectivity index (χ0v) is 14.9. The van der Waals surface area contributed by atoms with Crippen molar-refractivity contribution in [3.8, 4) is 0 Å². The summed E-state index contributed by atoms with van der Waals surface area (Å²) in [7, 11) is 0. The summed E-state index contributed by atoms with van der Waals surface area (Å²) >= 11 is 0. The first-order valence-corrected chi connectivity index (χ1v) is 9.00. The minimum absolute atomic E-state index is 0.0199. The lowest BCUT2D eigenvalue weighted by Gasteiger charge is -2.34. The smallest absolute Gasteiger partial charge is 0.239 e. The lowest BCUT2D eigenvalue weighted by atomic mass is 9.74. The maximum Gasteiger partial charge on any atom is 0.239 e. The third-order valence-corrected chi connectivity index (χ3v) is 5.22. The average molecular weight is 332 g/mol. The largest absolute Gasteiger partial charge is 0.466 e. The molecule has 3 rings (SSSR count). The standard InChI is InChI=1S/C19H28N2O3/c1-12-8-14-15(9-19(2,3)10-16(14)24-12)21-17(22)11-20-18(23)13-6-4-5-7-13/h8,13,15H,4-7,9-11H2,1-3H3,(H,20,23)(H,21,22)/t15-/m1/s1. The molecule has 0 unspecified atom stereocenters. The van der Waals surface area contributed by atoms with Crippen LogP contribution in [-0.4, -0.2) is 18.4 Å². The molecular weight excluding hydrogens is 304 g/mol. The van der Waals surface area contributed by atoms with Crippen LogP contribution in [0.1, 0.15) is 69.1 Å². The van der Waals surface area contributed by atoms with E-state index in [9.17, 15) is 9.59 Å². The fraction of sp³-hybridized carbons (Fsp3) is 0.684. The minimum Gasteiger partial charge on any atom is -0.466 e. The molecule has 1 fully saturated rings. The van der Waals surface area contributed by atoms with Gasteiger partial charge < -0.3 is 15.1 Å².